The molecule has 140 valence electrons. The minimum absolute atomic E-state index is 0.140. The van der Waals surface area contributed by atoms with Gasteiger partial charge in [0.05, 0.1) is 6.04 Å². The number of benzene rings is 1. The number of aromatic amines is 1. The third-order valence-electron chi connectivity index (χ3n) is 4.04. The minimum atomic E-state index is -1.13. The molecule has 0 saturated heterocycles. The maximum atomic E-state index is 12.2. The van der Waals surface area contributed by atoms with Crippen molar-refractivity contribution in [1.82, 2.24) is 15.6 Å². The van der Waals surface area contributed by atoms with Crippen LogP contribution in [0.15, 0.2) is 30.5 Å². The van der Waals surface area contributed by atoms with Crippen molar-refractivity contribution in [2.75, 3.05) is 6.54 Å². The van der Waals surface area contributed by atoms with Crippen molar-refractivity contribution >= 4 is 28.8 Å². The van der Waals surface area contributed by atoms with Crippen LogP contribution in [0.1, 0.15) is 18.4 Å². The van der Waals surface area contributed by atoms with E-state index in [0.717, 1.165) is 16.5 Å². The number of amides is 3. The first-order valence-electron chi connectivity index (χ1n) is 8.25. The number of nitrogens with two attached hydrogens (primary N) is 2. The number of carbonyl (C=O) groups is 3. The summed E-state index contributed by atoms with van der Waals surface area (Å²) in [5.41, 5.74) is 12.4. The number of hydrogen-bond donors (Lipinski definition) is 6. The lowest BCUT2D eigenvalue weighted by molar-refractivity contribution is -0.142. The zero-order chi connectivity index (χ0) is 19.1. The fourth-order valence-electron chi connectivity index (χ4n) is 2.66. The van der Waals surface area contributed by atoms with Crippen molar-refractivity contribution in [2.45, 2.75) is 31.3 Å². The van der Waals surface area contributed by atoms with Crippen LogP contribution in [0.2, 0.25) is 0 Å². The largest absolute Gasteiger partial charge is 0.480 e. The quantitative estimate of drug-likeness (QED) is 0.347. The molecule has 0 radical (unpaired) electrons. The Morgan fingerprint density at radius 2 is 1.96 bits per heavy atom. The van der Waals surface area contributed by atoms with Crippen molar-refractivity contribution < 1.29 is 19.5 Å². The van der Waals surface area contributed by atoms with Crippen molar-refractivity contribution in [3.05, 3.63) is 36.0 Å². The predicted molar refractivity (Wildman–Crippen MR) is 96.4 cm³/mol. The van der Waals surface area contributed by atoms with E-state index >= 15 is 0 Å². The molecule has 0 aliphatic carbocycles. The smallest absolute Gasteiger partial charge is 0.326 e. The molecule has 1 aromatic heterocycles. The van der Waals surface area contributed by atoms with Crippen molar-refractivity contribution in [2.24, 2.45) is 11.5 Å². The molecule has 0 aliphatic heterocycles. The van der Waals surface area contributed by atoms with Crippen LogP contribution in [0, 0.1) is 0 Å². The number of carboxylic acids is 1. The number of hydrogen-bond acceptors (Lipinski definition) is 4. The highest BCUT2D eigenvalue weighted by atomic mass is 16.4. The molecule has 26 heavy (non-hydrogen) atoms. The van der Waals surface area contributed by atoms with E-state index in [1.54, 1.807) is 6.20 Å². The van der Waals surface area contributed by atoms with E-state index in [1.807, 2.05) is 24.3 Å². The Balaban J connectivity index is 1.94. The second-order valence-electron chi connectivity index (χ2n) is 6.00. The number of carboxylic acid groups (broad SMARTS) is 1. The highest BCUT2D eigenvalue weighted by Crippen LogP contribution is 2.19. The minimum Gasteiger partial charge on any atom is -0.480 e. The Labute approximate surface area is 150 Å². The average Bonchev–Trinajstić information content (AvgIpc) is 3.00. The molecule has 9 heteroatoms. The van der Waals surface area contributed by atoms with Crippen LogP contribution in [0.4, 0.5) is 4.79 Å². The zero-order valence-electron chi connectivity index (χ0n) is 14.2. The van der Waals surface area contributed by atoms with Gasteiger partial charge in [-0.3, -0.25) is 4.79 Å². The molecule has 9 nitrogen and oxygen atoms in total. The van der Waals surface area contributed by atoms with Gasteiger partial charge >= 0.3 is 12.0 Å². The van der Waals surface area contributed by atoms with Gasteiger partial charge in [0.25, 0.3) is 0 Å². The normalized spacial score (nSPS) is 13.1. The molecule has 0 fully saturated rings. The van der Waals surface area contributed by atoms with Crippen molar-refractivity contribution in [3.63, 3.8) is 0 Å². The molecular weight excluding hydrogens is 338 g/mol. The summed E-state index contributed by atoms with van der Waals surface area (Å²) in [6.45, 7) is 0.300. The maximum absolute atomic E-state index is 12.2. The van der Waals surface area contributed by atoms with Crippen LogP contribution in [0.25, 0.3) is 10.9 Å². The number of para-hydroxylation sites is 1. The molecule has 0 spiro atoms. The van der Waals surface area contributed by atoms with E-state index in [9.17, 15) is 19.5 Å². The second-order valence-corrected chi connectivity index (χ2v) is 6.00. The molecule has 0 saturated carbocycles. The number of nitrogens with one attached hydrogen (secondary N) is 3. The second kappa shape index (κ2) is 8.86. The molecule has 8 N–H and O–H groups in total. The fourth-order valence-corrected chi connectivity index (χ4v) is 2.66. The molecule has 3 amide bonds. The van der Waals surface area contributed by atoms with E-state index in [4.69, 9.17) is 11.5 Å². The Kier molecular flexibility index (Phi) is 6.56. The van der Waals surface area contributed by atoms with Gasteiger partial charge in [-0.05, 0) is 24.5 Å². The highest BCUT2D eigenvalue weighted by Gasteiger charge is 2.24. The highest BCUT2D eigenvalue weighted by molar-refractivity contribution is 5.88. The number of fused-ring (bicyclic) bond motifs is 1. The van der Waals surface area contributed by atoms with Gasteiger partial charge in [0, 0.05) is 30.1 Å². The zero-order valence-corrected chi connectivity index (χ0v) is 14.2. The summed E-state index contributed by atoms with van der Waals surface area (Å²) >= 11 is 0. The molecule has 2 rings (SSSR count). The van der Waals surface area contributed by atoms with Crippen LogP contribution >= 0.6 is 0 Å². The maximum Gasteiger partial charge on any atom is 0.326 e. The Bertz CT molecular complexity index is 788. The van der Waals surface area contributed by atoms with E-state index in [1.165, 1.54) is 0 Å². The summed E-state index contributed by atoms with van der Waals surface area (Å²) in [4.78, 5) is 37.3. The van der Waals surface area contributed by atoms with Gasteiger partial charge in [-0.25, -0.2) is 9.59 Å². The van der Waals surface area contributed by atoms with Gasteiger partial charge in [0.15, 0.2) is 0 Å². The summed E-state index contributed by atoms with van der Waals surface area (Å²) in [6.07, 6.45) is 2.63. The third kappa shape index (κ3) is 5.21. The van der Waals surface area contributed by atoms with Gasteiger partial charge in [-0.1, -0.05) is 18.2 Å². The lowest BCUT2D eigenvalue weighted by Crippen LogP contribution is -2.49. The Morgan fingerprint density at radius 3 is 2.65 bits per heavy atom. The van der Waals surface area contributed by atoms with Crippen LogP contribution in [-0.4, -0.2) is 46.6 Å². The van der Waals surface area contributed by atoms with E-state index in [2.05, 4.69) is 15.6 Å². The average molecular weight is 361 g/mol. The van der Waals surface area contributed by atoms with Crippen LogP contribution in [-0.2, 0) is 16.0 Å². The van der Waals surface area contributed by atoms with Crippen LogP contribution in [0.5, 0.6) is 0 Å². The van der Waals surface area contributed by atoms with Gasteiger partial charge in [-0.2, -0.15) is 0 Å². The molecule has 0 bridgehead atoms. The lowest BCUT2D eigenvalue weighted by atomic mass is 10.0. The number of carbonyl (C=O) groups excluding carboxylic acids is 2. The van der Waals surface area contributed by atoms with Gasteiger partial charge in [0.2, 0.25) is 5.91 Å². The lowest BCUT2D eigenvalue weighted by Gasteiger charge is -2.17. The first-order valence-corrected chi connectivity index (χ1v) is 8.25. The number of H-pyrrole nitrogens is 1. The molecular formula is C17H23N5O4. The van der Waals surface area contributed by atoms with E-state index in [-0.39, 0.29) is 6.42 Å². The molecule has 1 aromatic carbocycles. The SMILES string of the molecule is NC(=O)NCCC[C@H](N)C(=O)N[C@@H](Cc1c[nH]c2ccccc12)C(=O)O. The summed E-state index contributed by atoms with van der Waals surface area (Å²) in [5, 5.41) is 15.2. The molecule has 1 heterocycles. The van der Waals surface area contributed by atoms with Gasteiger partial charge in [-0.15, -0.1) is 0 Å². The summed E-state index contributed by atoms with van der Waals surface area (Å²) in [6, 6.07) is 4.93. The molecule has 0 aliphatic rings. The van der Waals surface area contributed by atoms with E-state index in [0.29, 0.717) is 19.4 Å². The van der Waals surface area contributed by atoms with Gasteiger partial charge < -0.3 is 32.2 Å². The number of primary amides is 1. The Hall–Kier alpha value is -3.07. The monoisotopic (exact) mass is 361 g/mol. The first kappa shape index (κ1) is 19.3. The first-order chi connectivity index (χ1) is 12.4. The summed E-state index contributed by atoms with van der Waals surface area (Å²) < 4.78 is 0. The molecule has 0 unspecified atom stereocenters. The third-order valence-corrected chi connectivity index (χ3v) is 4.04. The van der Waals surface area contributed by atoms with Crippen LogP contribution in [0.3, 0.4) is 0 Å². The molecule has 2 atom stereocenters. The molecule has 2 aromatic rings. The standard InChI is InChI=1S/C17H23N5O4/c18-12(5-3-7-20-17(19)26)15(23)22-14(16(24)25)8-10-9-21-13-6-2-1-4-11(10)13/h1-2,4,6,9,12,14,21H,3,5,7-8,18H2,(H,22,23)(H,24,25)(H3,19,20,26)/t12-,14-/m0/s1. The predicted octanol–water partition coefficient (Wildman–Crippen LogP) is 0.0556. The number of urea groups is 1. The fraction of sp³-hybridized carbons (Fsp3) is 0.353. The number of rotatable bonds is 9. The summed E-state index contributed by atoms with van der Waals surface area (Å²) in [5.74, 6) is -1.68. The Morgan fingerprint density at radius 1 is 1.23 bits per heavy atom. The number of aliphatic carboxylic acids is 1. The topological polar surface area (TPSA) is 163 Å². The van der Waals surface area contributed by atoms with Crippen molar-refractivity contribution in [1.29, 1.82) is 0 Å². The van der Waals surface area contributed by atoms with E-state index < -0.39 is 30.0 Å². The van der Waals surface area contributed by atoms with Gasteiger partial charge in [0.1, 0.15) is 6.04 Å². The van der Waals surface area contributed by atoms with Crippen molar-refractivity contribution in [3.8, 4) is 0 Å². The summed E-state index contributed by atoms with van der Waals surface area (Å²) in [7, 11) is 0. The number of aromatic nitrogens is 1. The van der Waals surface area contributed by atoms with Crippen LogP contribution < -0.4 is 22.1 Å².